The minimum Gasteiger partial charge on any atom is -0.378 e. The van der Waals surface area contributed by atoms with Crippen LogP contribution in [0.1, 0.15) is 5.56 Å². The highest BCUT2D eigenvalue weighted by Gasteiger charge is 2.04. The molecular formula is C9H7BrF2N2. The van der Waals surface area contributed by atoms with Crippen molar-refractivity contribution in [2.75, 3.05) is 11.9 Å². The van der Waals surface area contributed by atoms with Crippen molar-refractivity contribution < 1.29 is 8.78 Å². The van der Waals surface area contributed by atoms with Gasteiger partial charge in [-0.3, -0.25) is 0 Å². The van der Waals surface area contributed by atoms with E-state index in [4.69, 9.17) is 5.26 Å². The summed E-state index contributed by atoms with van der Waals surface area (Å²) >= 11 is 3.18. The maximum Gasteiger partial charge on any atom is 0.255 e. The zero-order chi connectivity index (χ0) is 10.6. The first-order chi connectivity index (χ1) is 6.63. The van der Waals surface area contributed by atoms with Crippen LogP contribution in [-0.4, -0.2) is 13.0 Å². The molecule has 1 aromatic rings. The molecule has 1 N–H and O–H groups in total. The maximum absolute atomic E-state index is 11.9. The van der Waals surface area contributed by atoms with Crippen molar-refractivity contribution in [2.45, 2.75) is 6.43 Å². The minimum atomic E-state index is -2.39. The third-order valence-electron chi connectivity index (χ3n) is 1.55. The van der Waals surface area contributed by atoms with E-state index in [0.29, 0.717) is 15.7 Å². The Morgan fingerprint density at radius 3 is 2.71 bits per heavy atom. The van der Waals surface area contributed by atoms with E-state index in [1.807, 2.05) is 6.07 Å². The first-order valence-electron chi connectivity index (χ1n) is 3.85. The van der Waals surface area contributed by atoms with E-state index < -0.39 is 13.0 Å². The summed E-state index contributed by atoms with van der Waals surface area (Å²) in [5.41, 5.74) is 1.05. The number of hydrogen-bond acceptors (Lipinski definition) is 2. The van der Waals surface area contributed by atoms with Gasteiger partial charge in [0.1, 0.15) is 0 Å². The second kappa shape index (κ2) is 4.91. The molecule has 1 rings (SSSR count). The lowest BCUT2D eigenvalue weighted by atomic mass is 10.2. The molecule has 0 aliphatic rings. The van der Waals surface area contributed by atoms with Crippen LogP contribution < -0.4 is 5.32 Å². The Hall–Kier alpha value is -1.15. The van der Waals surface area contributed by atoms with Gasteiger partial charge in [-0.05, 0) is 34.1 Å². The summed E-state index contributed by atoms with van der Waals surface area (Å²) in [7, 11) is 0. The molecule has 5 heteroatoms. The molecule has 0 aliphatic carbocycles. The Balaban J connectivity index is 2.75. The van der Waals surface area contributed by atoms with E-state index in [1.165, 1.54) is 0 Å². The molecule has 0 bridgehead atoms. The van der Waals surface area contributed by atoms with Crippen LogP contribution in [0.25, 0.3) is 0 Å². The van der Waals surface area contributed by atoms with Crippen LogP contribution in [0.2, 0.25) is 0 Å². The largest absolute Gasteiger partial charge is 0.378 e. The molecule has 74 valence electrons. The second-order valence-electron chi connectivity index (χ2n) is 2.58. The fourth-order valence-electron chi connectivity index (χ4n) is 0.915. The Kier molecular flexibility index (Phi) is 3.84. The first kappa shape index (κ1) is 10.9. The Morgan fingerprint density at radius 2 is 2.21 bits per heavy atom. The number of halogens is 3. The number of alkyl halides is 2. The van der Waals surface area contributed by atoms with Gasteiger partial charge in [0.25, 0.3) is 6.43 Å². The molecule has 0 saturated carbocycles. The molecule has 2 nitrogen and oxygen atoms in total. The van der Waals surface area contributed by atoms with Crippen molar-refractivity contribution in [3.63, 3.8) is 0 Å². The highest BCUT2D eigenvalue weighted by atomic mass is 79.9. The van der Waals surface area contributed by atoms with Crippen LogP contribution in [0.15, 0.2) is 22.7 Å². The third kappa shape index (κ3) is 2.96. The molecule has 0 saturated heterocycles. The van der Waals surface area contributed by atoms with Crippen LogP contribution in [0, 0.1) is 11.3 Å². The highest BCUT2D eigenvalue weighted by Crippen LogP contribution is 2.23. The maximum atomic E-state index is 11.9. The quantitative estimate of drug-likeness (QED) is 0.907. The molecule has 0 unspecified atom stereocenters. The molecule has 0 aromatic heterocycles. The summed E-state index contributed by atoms with van der Waals surface area (Å²) in [5.74, 6) is 0. The zero-order valence-corrected chi connectivity index (χ0v) is 8.68. The summed E-state index contributed by atoms with van der Waals surface area (Å²) in [5, 5.41) is 11.1. The molecule has 0 amide bonds. The van der Waals surface area contributed by atoms with Crippen LogP contribution in [0.3, 0.4) is 0 Å². The fraction of sp³-hybridized carbons (Fsp3) is 0.222. The average Bonchev–Trinajstić information content (AvgIpc) is 2.15. The summed E-state index contributed by atoms with van der Waals surface area (Å²) in [6.45, 7) is -0.398. The third-order valence-corrected chi connectivity index (χ3v) is 2.20. The molecule has 0 radical (unpaired) electrons. The summed E-state index contributed by atoms with van der Waals surface area (Å²) in [4.78, 5) is 0. The smallest absolute Gasteiger partial charge is 0.255 e. The Labute approximate surface area is 88.7 Å². The topological polar surface area (TPSA) is 35.8 Å². The van der Waals surface area contributed by atoms with Gasteiger partial charge in [0.05, 0.1) is 18.2 Å². The lowest BCUT2D eigenvalue weighted by Gasteiger charge is -2.07. The highest BCUT2D eigenvalue weighted by molar-refractivity contribution is 9.10. The van der Waals surface area contributed by atoms with Gasteiger partial charge in [-0.15, -0.1) is 0 Å². The van der Waals surface area contributed by atoms with Crippen molar-refractivity contribution in [1.29, 1.82) is 5.26 Å². The van der Waals surface area contributed by atoms with E-state index in [9.17, 15) is 8.78 Å². The standard InChI is InChI=1S/C9H7BrF2N2/c10-7-3-6(4-13)1-2-8(7)14-5-9(11)12/h1-3,9,14H,5H2. The summed E-state index contributed by atoms with van der Waals surface area (Å²) < 4.78 is 24.3. The van der Waals surface area contributed by atoms with Crippen molar-refractivity contribution in [2.24, 2.45) is 0 Å². The van der Waals surface area contributed by atoms with Crippen LogP contribution in [0.5, 0.6) is 0 Å². The Bertz CT molecular complexity index is 360. The monoisotopic (exact) mass is 260 g/mol. The van der Waals surface area contributed by atoms with Gasteiger partial charge < -0.3 is 5.32 Å². The number of nitrogens with one attached hydrogen (secondary N) is 1. The molecule has 0 heterocycles. The Morgan fingerprint density at radius 1 is 1.50 bits per heavy atom. The van der Waals surface area contributed by atoms with Gasteiger partial charge in [0.15, 0.2) is 0 Å². The molecule has 0 fully saturated rings. The van der Waals surface area contributed by atoms with Gasteiger partial charge >= 0.3 is 0 Å². The molecular weight excluding hydrogens is 254 g/mol. The number of nitriles is 1. The van der Waals surface area contributed by atoms with E-state index >= 15 is 0 Å². The van der Waals surface area contributed by atoms with E-state index in [1.54, 1.807) is 18.2 Å². The minimum absolute atomic E-state index is 0.398. The molecule has 0 aliphatic heterocycles. The lowest BCUT2D eigenvalue weighted by molar-refractivity contribution is 0.163. The number of rotatable bonds is 3. The van der Waals surface area contributed by atoms with Gasteiger partial charge in [-0.25, -0.2) is 8.78 Å². The van der Waals surface area contributed by atoms with E-state index in [2.05, 4.69) is 21.2 Å². The molecule has 14 heavy (non-hydrogen) atoms. The number of hydrogen-bond donors (Lipinski definition) is 1. The second-order valence-corrected chi connectivity index (χ2v) is 3.43. The molecule has 1 aromatic carbocycles. The van der Waals surface area contributed by atoms with E-state index in [0.717, 1.165) is 0 Å². The normalized spacial score (nSPS) is 9.93. The number of benzene rings is 1. The van der Waals surface area contributed by atoms with E-state index in [-0.39, 0.29) is 0 Å². The molecule has 0 spiro atoms. The van der Waals surface area contributed by atoms with Crippen LogP contribution >= 0.6 is 15.9 Å². The average molecular weight is 261 g/mol. The summed E-state index contributed by atoms with van der Waals surface area (Å²) in [6, 6.07) is 6.69. The van der Waals surface area contributed by atoms with Crippen LogP contribution in [0.4, 0.5) is 14.5 Å². The van der Waals surface area contributed by atoms with Crippen LogP contribution in [-0.2, 0) is 0 Å². The van der Waals surface area contributed by atoms with Crippen molar-refractivity contribution in [3.8, 4) is 6.07 Å². The predicted octanol–water partition coefficient (Wildman–Crippen LogP) is 3.00. The van der Waals surface area contributed by atoms with Gasteiger partial charge in [0, 0.05) is 10.2 Å². The fourth-order valence-corrected chi connectivity index (χ4v) is 1.43. The predicted molar refractivity (Wildman–Crippen MR) is 53.4 cm³/mol. The summed E-state index contributed by atoms with van der Waals surface area (Å²) in [6.07, 6.45) is -2.39. The van der Waals surface area contributed by atoms with Gasteiger partial charge in [0.2, 0.25) is 0 Å². The number of anilines is 1. The van der Waals surface area contributed by atoms with Gasteiger partial charge in [-0.1, -0.05) is 0 Å². The zero-order valence-electron chi connectivity index (χ0n) is 7.10. The SMILES string of the molecule is N#Cc1ccc(NCC(F)F)c(Br)c1. The van der Waals surface area contributed by atoms with Crippen molar-refractivity contribution in [3.05, 3.63) is 28.2 Å². The lowest BCUT2D eigenvalue weighted by Crippen LogP contribution is -2.10. The number of nitrogens with zero attached hydrogens (tertiary/aromatic N) is 1. The van der Waals surface area contributed by atoms with Gasteiger partial charge in [-0.2, -0.15) is 5.26 Å². The van der Waals surface area contributed by atoms with Crippen molar-refractivity contribution in [1.82, 2.24) is 0 Å². The first-order valence-corrected chi connectivity index (χ1v) is 4.64. The molecule has 0 atom stereocenters. The van der Waals surface area contributed by atoms with Crippen molar-refractivity contribution >= 4 is 21.6 Å².